The first-order valence-electron chi connectivity index (χ1n) is 7.32. The zero-order valence-electron chi connectivity index (χ0n) is 12.4. The lowest BCUT2D eigenvalue weighted by Crippen LogP contribution is -2.34. The molecular formula is C16H21Cl2N3. The Labute approximate surface area is 136 Å². The standard InChI is InChI=1S/C16H21Cl2N3/c1-3-19-12(11-16-20-8-9-21(16)4-2)10-13-14(17)6-5-7-15(13)18/h5-9,12,19H,3-4,10-11H2,1-2H3. The van der Waals surface area contributed by atoms with Gasteiger partial charge in [0.05, 0.1) is 0 Å². The predicted molar refractivity (Wildman–Crippen MR) is 89.2 cm³/mol. The SMILES string of the molecule is CCNC(Cc1c(Cl)cccc1Cl)Cc1nccn1CC. The van der Waals surface area contributed by atoms with Crippen LogP contribution in [0.5, 0.6) is 0 Å². The van der Waals surface area contributed by atoms with E-state index in [0.717, 1.165) is 47.4 Å². The molecule has 1 N–H and O–H groups in total. The number of nitrogens with zero attached hydrogens (tertiary/aromatic N) is 2. The summed E-state index contributed by atoms with van der Waals surface area (Å²) in [4.78, 5) is 4.45. The second kappa shape index (κ2) is 7.83. The molecule has 0 aliphatic rings. The van der Waals surface area contributed by atoms with Crippen molar-refractivity contribution in [1.82, 2.24) is 14.9 Å². The molecule has 2 rings (SSSR count). The molecular weight excluding hydrogens is 305 g/mol. The Hall–Kier alpha value is -1.03. The summed E-state index contributed by atoms with van der Waals surface area (Å²) in [6, 6.07) is 5.91. The fourth-order valence-corrected chi connectivity index (χ4v) is 3.07. The van der Waals surface area contributed by atoms with E-state index < -0.39 is 0 Å². The fraction of sp³-hybridized carbons (Fsp3) is 0.438. The highest BCUT2D eigenvalue weighted by Crippen LogP contribution is 2.26. The quantitative estimate of drug-likeness (QED) is 0.834. The first-order chi connectivity index (χ1) is 10.2. The van der Waals surface area contributed by atoms with E-state index >= 15 is 0 Å². The lowest BCUT2D eigenvalue weighted by Gasteiger charge is -2.19. The Morgan fingerprint density at radius 3 is 2.52 bits per heavy atom. The number of benzene rings is 1. The van der Waals surface area contributed by atoms with Crippen molar-refractivity contribution in [1.29, 1.82) is 0 Å². The van der Waals surface area contributed by atoms with Crippen molar-refractivity contribution in [3.63, 3.8) is 0 Å². The molecule has 114 valence electrons. The number of hydrogen-bond acceptors (Lipinski definition) is 2. The summed E-state index contributed by atoms with van der Waals surface area (Å²) < 4.78 is 2.17. The molecule has 0 amide bonds. The molecule has 0 bridgehead atoms. The van der Waals surface area contributed by atoms with Crippen molar-refractivity contribution >= 4 is 23.2 Å². The molecule has 3 nitrogen and oxygen atoms in total. The maximum Gasteiger partial charge on any atom is 0.110 e. The highest BCUT2D eigenvalue weighted by molar-refractivity contribution is 6.36. The number of rotatable bonds is 7. The number of nitrogens with one attached hydrogen (secondary N) is 1. The maximum absolute atomic E-state index is 6.28. The van der Waals surface area contributed by atoms with Crippen molar-refractivity contribution in [3.05, 3.63) is 52.0 Å². The molecule has 0 saturated heterocycles. The van der Waals surface area contributed by atoms with Gasteiger partial charge in [-0.25, -0.2) is 4.98 Å². The van der Waals surface area contributed by atoms with Gasteiger partial charge in [0.25, 0.3) is 0 Å². The summed E-state index contributed by atoms with van der Waals surface area (Å²) in [5, 5.41) is 4.96. The van der Waals surface area contributed by atoms with Gasteiger partial charge >= 0.3 is 0 Å². The summed E-state index contributed by atoms with van der Waals surface area (Å²) in [6.45, 7) is 6.06. The van der Waals surface area contributed by atoms with Gasteiger partial charge in [0.15, 0.2) is 0 Å². The second-order valence-corrected chi connectivity index (χ2v) is 5.81. The second-order valence-electron chi connectivity index (χ2n) is 4.99. The molecule has 1 atom stereocenters. The molecule has 0 aliphatic heterocycles. The van der Waals surface area contributed by atoms with Gasteiger partial charge in [0, 0.05) is 41.4 Å². The van der Waals surface area contributed by atoms with Gasteiger partial charge in [-0.3, -0.25) is 0 Å². The van der Waals surface area contributed by atoms with Gasteiger partial charge in [0.1, 0.15) is 5.82 Å². The normalized spacial score (nSPS) is 12.6. The van der Waals surface area contributed by atoms with Crippen molar-refractivity contribution in [2.45, 2.75) is 39.3 Å². The van der Waals surface area contributed by atoms with E-state index in [4.69, 9.17) is 23.2 Å². The number of halogens is 2. The molecule has 0 aliphatic carbocycles. The van der Waals surface area contributed by atoms with E-state index in [1.54, 1.807) is 0 Å². The Morgan fingerprint density at radius 2 is 1.90 bits per heavy atom. The number of likely N-dealkylation sites (N-methyl/N-ethyl adjacent to an activating group) is 1. The zero-order chi connectivity index (χ0) is 15.2. The predicted octanol–water partition coefficient (Wildman–Crippen LogP) is 3.97. The van der Waals surface area contributed by atoms with Crippen LogP contribution in [0.1, 0.15) is 25.2 Å². The first kappa shape index (κ1) is 16.3. The molecule has 0 fully saturated rings. The van der Waals surface area contributed by atoms with E-state index in [2.05, 4.69) is 28.7 Å². The summed E-state index contributed by atoms with van der Waals surface area (Å²) in [5.74, 6) is 1.09. The minimum atomic E-state index is 0.264. The smallest absolute Gasteiger partial charge is 0.110 e. The number of hydrogen-bond donors (Lipinski definition) is 1. The molecule has 1 aromatic heterocycles. The molecule has 0 radical (unpaired) electrons. The van der Waals surface area contributed by atoms with E-state index in [0.29, 0.717) is 0 Å². The van der Waals surface area contributed by atoms with Gasteiger partial charge in [-0.15, -0.1) is 0 Å². The van der Waals surface area contributed by atoms with Crippen LogP contribution in [0.15, 0.2) is 30.6 Å². The zero-order valence-corrected chi connectivity index (χ0v) is 14.0. The third-order valence-corrected chi connectivity index (χ3v) is 4.28. The Kier molecular flexibility index (Phi) is 6.09. The Bertz CT molecular complexity index is 560. The summed E-state index contributed by atoms with van der Waals surface area (Å²) in [7, 11) is 0. The van der Waals surface area contributed by atoms with Gasteiger partial charge in [-0.1, -0.05) is 36.2 Å². The van der Waals surface area contributed by atoms with Crippen molar-refractivity contribution < 1.29 is 0 Å². The van der Waals surface area contributed by atoms with Crippen molar-refractivity contribution in [2.24, 2.45) is 0 Å². The Balaban J connectivity index is 2.16. The summed E-state index contributed by atoms with van der Waals surface area (Å²) in [5.41, 5.74) is 1.00. The third kappa shape index (κ3) is 4.22. The van der Waals surface area contributed by atoms with Gasteiger partial charge in [-0.2, -0.15) is 0 Å². The van der Waals surface area contributed by atoms with Crippen LogP contribution in [0.4, 0.5) is 0 Å². The molecule has 21 heavy (non-hydrogen) atoms. The molecule has 1 aromatic carbocycles. The highest BCUT2D eigenvalue weighted by atomic mass is 35.5. The van der Waals surface area contributed by atoms with Crippen LogP contribution < -0.4 is 5.32 Å². The van der Waals surface area contributed by atoms with E-state index in [1.807, 2.05) is 30.6 Å². The van der Waals surface area contributed by atoms with Crippen molar-refractivity contribution in [2.75, 3.05) is 6.54 Å². The minimum Gasteiger partial charge on any atom is -0.335 e. The van der Waals surface area contributed by atoms with Crippen LogP contribution in [-0.2, 0) is 19.4 Å². The fourth-order valence-electron chi connectivity index (χ4n) is 2.52. The lowest BCUT2D eigenvalue weighted by molar-refractivity contribution is 0.499. The van der Waals surface area contributed by atoms with Gasteiger partial charge in [-0.05, 0) is 37.6 Å². The molecule has 0 saturated carbocycles. The van der Waals surface area contributed by atoms with E-state index in [1.165, 1.54) is 0 Å². The molecule has 1 heterocycles. The number of imidazole rings is 1. The summed E-state index contributed by atoms with van der Waals surface area (Å²) >= 11 is 12.6. The summed E-state index contributed by atoms with van der Waals surface area (Å²) in [6.07, 6.45) is 5.52. The first-order valence-corrected chi connectivity index (χ1v) is 8.07. The molecule has 2 aromatic rings. The minimum absolute atomic E-state index is 0.264. The Morgan fingerprint density at radius 1 is 1.19 bits per heavy atom. The van der Waals surface area contributed by atoms with Crippen LogP contribution in [0.25, 0.3) is 0 Å². The number of aromatic nitrogens is 2. The van der Waals surface area contributed by atoms with Crippen LogP contribution in [0.2, 0.25) is 10.0 Å². The average molecular weight is 326 g/mol. The van der Waals surface area contributed by atoms with Gasteiger partial charge in [0.2, 0.25) is 0 Å². The topological polar surface area (TPSA) is 29.9 Å². The average Bonchev–Trinajstić information content (AvgIpc) is 2.90. The van der Waals surface area contributed by atoms with Gasteiger partial charge < -0.3 is 9.88 Å². The monoisotopic (exact) mass is 325 g/mol. The lowest BCUT2D eigenvalue weighted by atomic mass is 10.0. The van der Waals surface area contributed by atoms with E-state index in [9.17, 15) is 0 Å². The third-order valence-electron chi connectivity index (χ3n) is 3.58. The van der Waals surface area contributed by atoms with Crippen LogP contribution in [-0.4, -0.2) is 22.1 Å². The van der Waals surface area contributed by atoms with E-state index in [-0.39, 0.29) is 6.04 Å². The maximum atomic E-state index is 6.28. The van der Waals surface area contributed by atoms with Crippen LogP contribution in [0, 0.1) is 0 Å². The molecule has 0 spiro atoms. The molecule has 1 unspecified atom stereocenters. The highest BCUT2D eigenvalue weighted by Gasteiger charge is 2.16. The molecule has 5 heteroatoms. The number of aryl methyl sites for hydroxylation is 1. The van der Waals surface area contributed by atoms with Crippen molar-refractivity contribution in [3.8, 4) is 0 Å². The van der Waals surface area contributed by atoms with Crippen LogP contribution in [0.3, 0.4) is 0 Å². The largest absolute Gasteiger partial charge is 0.335 e. The van der Waals surface area contributed by atoms with Crippen LogP contribution >= 0.6 is 23.2 Å².